The van der Waals surface area contributed by atoms with Crippen LogP contribution in [0.1, 0.15) is 23.9 Å². The first-order chi connectivity index (χ1) is 8.36. The van der Waals surface area contributed by atoms with Gasteiger partial charge in [0.1, 0.15) is 5.01 Å². The Morgan fingerprint density at radius 1 is 1.53 bits per heavy atom. The Kier molecular flexibility index (Phi) is 2.94. The molecule has 0 atom stereocenters. The Balaban J connectivity index is 1.89. The lowest BCUT2D eigenvalue weighted by Crippen LogP contribution is -2.22. The first kappa shape index (κ1) is 10.9. The molecule has 5 heteroatoms. The van der Waals surface area contributed by atoms with Gasteiger partial charge in [-0.2, -0.15) is 5.10 Å². The van der Waals surface area contributed by atoms with E-state index in [4.69, 9.17) is 4.98 Å². The number of fused-ring (bicyclic) bond motifs is 1. The molecule has 0 bridgehead atoms. The van der Waals surface area contributed by atoms with Crippen LogP contribution in [0.25, 0.3) is 10.6 Å². The van der Waals surface area contributed by atoms with E-state index in [1.807, 2.05) is 10.9 Å². The topological polar surface area (TPSA) is 42.7 Å². The minimum atomic E-state index is 0.968. The van der Waals surface area contributed by atoms with Crippen molar-refractivity contribution in [2.75, 3.05) is 6.54 Å². The van der Waals surface area contributed by atoms with Gasteiger partial charge in [-0.05, 0) is 6.42 Å². The zero-order valence-electron chi connectivity index (χ0n) is 9.94. The number of thiazole rings is 1. The molecule has 2 aromatic heterocycles. The maximum Gasteiger partial charge on any atom is 0.127 e. The fraction of sp³-hybridized carbons (Fsp3) is 0.500. The average molecular weight is 248 g/mol. The number of hydrogen-bond donors (Lipinski definition) is 1. The van der Waals surface area contributed by atoms with Crippen LogP contribution >= 0.6 is 11.3 Å². The quantitative estimate of drug-likeness (QED) is 0.904. The molecular formula is C12H16N4S. The zero-order chi connectivity index (χ0) is 11.7. The SMILES string of the molecule is CCCn1cc(-c2nc3c(s2)CNCC3)cn1. The van der Waals surface area contributed by atoms with Crippen molar-refractivity contribution in [3.63, 3.8) is 0 Å². The van der Waals surface area contributed by atoms with Crippen LogP contribution in [-0.2, 0) is 19.5 Å². The summed E-state index contributed by atoms with van der Waals surface area (Å²) >= 11 is 1.79. The molecule has 1 aliphatic heterocycles. The van der Waals surface area contributed by atoms with Crippen LogP contribution in [0.3, 0.4) is 0 Å². The molecule has 0 saturated heterocycles. The highest BCUT2D eigenvalue weighted by Gasteiger charge is 2.16. The summed E-state index contributed by atoms with van der Waals surface area (Å²) < 4.78 is 1.99. The highest BCUT2D eigenvalue weighted by Crippen LogP contribution is 2.29. The molecule has 1 N–H and O–H groups in total. The third-order valence-corrected chi connectivity index (χ3v) is 4.08. The highest BCUT2D eigenvalue weighted by atomic mass is 32.1. The highest BCUT2D eigenvalue weighted by molar-refractivity contribution is 7.15. The molecule has 2 aromatic rings. The van der Waals surface area contributed by atoms with Gasteiger partial charge < -0.3 is 5.32 Å². The van der Waals surface area contributed by atoms with Gasteiger partial charge in [0.25, 0.3) is 0 Å². The fourth-order valence-electron chi connectivity index (χ4n) is 2.07. The maximum absolute atomic E-state index is 4.72. The summed E-state index contributed by atoms with van der Waals surface area (Å²) in [6, 6.07) is 0. The van der Waals surface area contributed by atoms with Crippen molar-refractivity contribution in [1.82, 2.24) is 20.1 Å². The monoisotopic (exact) mass is 248 g/mol. The lowest BCUT2D eigenvalue weighted by atomic mass is 10.2. The summed E-state index contributed by atoms with van der Waals surface area (Å²) in [7, 11) is 0. The van der Waals surface area contributed by atoms with E-state index in [0.717, 1.165) is 43.0 Å². The van der Waals surface area contributed by atoms with E-state index < -0.39 is 0 Å². The molecule has 0 spiro atoms. The normalized spacial score (nSPS) is 14.9. The average Bonchev–Trinajstić information content (AvgIpc) is 2.94. The number of aryl methyl sites for hydroxylation is 1. The minimum Gasteiger partial charge on any atom is -0.311 e. The van der Waals surface area contributed by atoms with Crippen molar-refractivity contribution < 1.29 is 0 Å². The molecule has 0 radical (unpaired) electrons. The Hall–Kier alpha value is -1.20. The molecular weight excluding hydrogens is 232 g/mol. The van der Waals surface area contributed by atoms with Crippen molar-refractivity contribution in [2.24, 2.45) is 0 Å². The van der Waals surface area contributed by atoms with Crippen molar-refractivity contribution >= 4 is 11.3 Å². The fourth-order valence-corrected chi connectivity index (χ4v) is 3.13. The number of rotatable bonds is 3. The first-order valence-corrected chi connectivity index (χ1v) is 6.90. The van der Waals surface area contributed by atoms with E-state index in [1.165, 1.54) is 10.6 Å². The van der Waals surface area contributed by atoms with E-state index in [1.54, 1.807) is 11.3 Å². The molecule has 0 unspecified atom stereocenters. The standard InChI is InChI=1S/C12H16N4S/c1-2-5-16-8-9(6-14-16)12-15-10-3-4-13-7-11(10)17-12/h6,8,13H,2-5,7H2,1H3. The predicted molar refractivity (Wildman–Crippen MR) is 69.0 cm³/mol. The molecule has 1 aliphatic rings. The van der Waals surface area contributed by atoms with Crippen molar-refractivity contribution in [1.29, 1.82) is 0 Å². The molecule has 90 valence electrons. The molecule has 0 aromatic carbocycles. The van der Waals surface area contributed by atoms with Crippen LogP contribution < -0.4 is 5.32 Å². The number of nitrogens with one attached hydrogen (secondary N) is 1. The van der Waals surface area contributed by atoms with E-state index in [-0.39, 0.29) is 0 Å². The Labute approximate surface area is 105 Å². The smallest absolute Gasteiger partial charge is 0.127 e. The molecule has 17 heavy (non-hydrogen) atoms. The molecule has 3 heterocycles. The number of nitrogens with zero attached hydrogens (tertiary/aromatic N) is 3. The van der Waals surface area contributed by atoms with Gasteiger partial charge in [0.2, 0.25) is 0 Å². The van der Waals surface area contributed by atoms with Crippen LogP contribution in [0.2, 0.25) is 0 Å². The van der Waals surface area contributed by atoms with Crippen molar-refractivity contribution in [3.8, 4) is 10.6 Å². The Morgan fingerprint density at radius 2 is 2.47 bits per heavy atom. The second kappa shape index (κ2) is 4.58. The summed E-state index contributed by atoms with van der Waals surface area (Å²) in [5.41, 5.74) is 2.42. The first-order valence-electron chi connectivity index (χ1n) is 6.09. The molecule has 4 nitrogen and oxygen atoms in total. The van der Waals surface area contributed by atoms with Gasteiger partial charge in [-0.15, -0.1) is 11.3 Å². The van der Waals surface area contributed by atoms with Gasteiger partial charge in [-0.3, -0.25) is 4.68 Å². The van der Waals surface area contributed by atoms with Gasteiger partial charge in [0.15, 0.2) is 0 Å². The second-order valence-electron chi connectivity index (χ2n) is 4.31. The number of aromatic nitrogens is 3. The van der Waals surface area contributed by atoms with Gasteiger partial charge in [0, 0.05) is 42.7 Å². The second-order valence-corrected chi connectivity index (χ2v) is 5.39. The van der Waals surface area contributed by atoms with Gasteiger partial charge >= 0.3 is 0 Å². The van der Waals surface area contributed by atoms with Gasteiger partial charge in [-0.25, -0.2) is 4.98 Å². The molecule has 3 rings (SSSR count). The predicted octanol–water partition coefficient (Wildman–Crippen LogP) is 2.06. The van der Waals surface area contributed by atoms with Gasteiger partial charge in [-0.1, -0.05) is 6.92 Å². The molecule has 0 fully saturated rings. The number of hydrogen-bond acceptors (Lipinski definition) is 4. The van der Waals surface area contributed by atoms with Gasteiger partial charge in [0.05, 0.1) is 11.9 Å². The zero-order valence-corrected chi connectivity index (χ0v) is 10.8. The molecule has 0 amide bonds. The maximum atomic E-state index is 4.72. The lowest BCUT2D eigenvalue weighted by molar-refractivity contribution is 0.603. The van der Waals surface area contributed by atoms with E-state index >= 15 is 0 Å². The lowest BCUT2D eigenvalue weighted by Gasteiger charge is -2.09. The summed E-state index contributed by atoms with van der Waals surface area (Å²) in [5.74, 6) is 0. The third-order valence-electron chi connectivity index (χ3n) is 2.94. The third kappa shape index (κ3) is 2.12. The molecule has 0 aliphatic carbocycles. The minimum absolute atomic E-state index is 0.968. The van der Waals surface area contributed by atoms with Crippen LogP contribution in [0.5, 0.6) is 0 Å². The summed E-state index contributed by atoms with van der Waals surface area (Å²) in [5, 5.41) is 8.85. The van der Waals surface area contributed by atoms with Crippen LogP contribution in [0, 0.1) is 0 Å². The summed E-state index contributed by atoms with van der Waals surface area (Å²) in [4.78, 5) is 6.10. The van der Waals surface area contributed by atoms with Crippen LogP contribution in [-0.4, -0.2) is 21.3 Å². The Bertz CT molecular complexity index is 491. The van der Waals surface area contributed by atoms with E-state index in [2.05, 4.69) is 23.5 Å². The van der Waals surface area contributed by atoms with Crippen LogP contribution in [0.4, 0.5) is 0 Å². The van der Waals surface area contributed by atoms with E-state index in [0.29, 0.717) is 0 Å². The summed E-state index contributed by atoms with van der Waals surface area (Å²) in [6.45, 7) is 5.16. The Morgan fingerprint density at radius 3 is 3.29 bits per heavy atom. The largest absolute Gasteiger partial charge is 0.311 e. The van der Waals surface area contributed by atoms with Crippen LogP contribution in [0.15, 0.2) is 12.4 Å². The summed E-state index contributed by atoms with van der Waals surface area (Å²) in [6.07, 6.45) is 6.18. The molecule has 0 saturated carbocycles. The van der Waals surface area contributed by atoms with E-state index in [9.17, 15) is 0 Å². The van der Waals surface area contributed by atoms with Crippen molar-refractivity contribution in [2.45, 2.75) is 32.9 Å². The van der Waals surface area contributed by atoms with Crippen molar-refractivity contribution in [3.05, 3.63) is 23.0 Å².